The molecule has 0 saturated carbocycles. The van der Waals surface area contributed by atoms with E-state index < -0.39 is 108 Å². The molecule has 76 heavy (non-hydrogen) atoms. The SMILES string of the molecule is CC[C@H]1OC(=O)[C@H](C)[C@@H](O[C@H]2C[C@@](C)(OC)[C@@H](O)[C@H](C)O2)[C@H](C)[C@@H](O[C@@H]2O[C@H](C)C[C@H](N(C)CCc3cn([C@H](CO)Cc4ccc(-c5cncc(C=O)c5)cc4)nn3)C2O)[C@](C)(O)C[C@@H](C)CN(C)[C@H](C)[C@@H](O)[C@]1(C)O. The third-order valence-electron chi connectivity index (χ3n) is 16.6. The molecule has 5 heterocycles. The van der Waals surface area contributed by atoms with E-state index >= 15 is 0 Å². The van der Waals surface area contributed by atoms with Gasteiger partial charge in [-0.2, -0.15) is 0 Å². The Labute approximate surface area is 449 Å². The minimum absolute atomic E-state index is 0.0878. The van der Waals surface area contributed by atoms with Crippen LogP contribution in [0.2, 0.25) is 0 Å². The normalized spacial score (nSPS) is 38.0. The highest BCUT2D eigenvalue weighted by Crippen LogP contribution is 2.40. The van der Waals surface area contributed by atoms with E-state index in [9.17, 15) is 40.2 Å². The van der Waals surface area contributed by atoms with Gasteiger partial charge in [0.1, 0.15) is 30.0 Å². The summed E-state index contributed by atoms with van der Waals surface area (Å²) in [5, 5.41) is 79.1. The predicted molar refractivity (Wildman–Crippen MR) is 282 cm³/mol. The lowest BCUT2D eigenvalue weighted by Crippen LogP contribution is -2.61. The summed E-state index contributed by atoms with van der Waals surface area (Å²) in [6.07, 6.45) is -2.57. The van der Waals surface area contributed by atoms with E-state index in [-0.39, 0.29) is 37.8 Å². The summed E-state index contributed by atoms with van der Waals surface area (Å²) in [6.45, 7) is 18.2. The fraction of sp³-hybridized carbons (Fsp3) is 0.732. The number of aromatic nitrogens is 4. The summed E-state index contributed by atoms with van der Waals surface area (Å²) >= 11 is 0. The molecule has 426 valence electrons. The molecular formula is C56H88N6O14. The molecule has 3 saturated heterocycles. The van der Waals surface area contributed by atoms with Gasteiger partial charge in [-0.1, -0.05) is 50.3 Å². The summed E-state index contributed by atoms with van der Waals surface area (Å²) < 4.78 is 40.0. The smallest absolute Gasteiger partial charge is 0.311 e. The maximum Gasteiger partial charge on any atom is 0.311 e. The lowest BCUT2D eigenvalue weighted by Gasteiger charge is -2.49. The van der Waals surface area contributed by atoms with Gasteiger partial charge in [-0.3, -0.25) is 14.6 Å². The molecule has 0 radical (unpaired) electrons. The highest BCUT2D eigenvalue weighted by Gasteiger charge is 2.53. The van der Waals surface area contributed by atoms with E-state index in [1.807, 2.05) is 68.2 Å². The Kier molecular flexibility index (Phi) is 20.9. The van der Waals surface area contributed by atoms with Crippen LogP contribution in [0, 0.1) is 17.8 Å². The Bertz CT molecular complexity index is 2320. The molecule has 19 atom stereocenters. The number of rotatable bonds is 16. The molecule has 20 nitrogen and oxygen atoms in total. The van der Waals surface area contributed by atoms with Crippen LogP contribution in [0.15, 0.2) is 48.9 Å². The molecule has 0 aliphatic carbocycles. The average Bonchev–Trinajstić information content (AvgIpc) is 3.87. The number of likely N-dealkylation sites (N-methyl/N-ethyl adjacent to an activating group) is 2. The third kappa shape index (κ3) is 14.3. The Balaban J connectivity index is 1.23. The zero-order valence-electron chi connectivity index (χ0n) is 46.9. The van der Waals surface area contributed by atoms with E-state index in [2.05, 4.69) is 15.3 Å². The maximum absolute atomic E-state index is 14.5. The minimum atomic E-state index is -1.85. The first kappa shape index (κ1) is 61.3. The molecule has 1 aromatic carbocycles. The number of ether oxygens (including phenoxy) is 6. The maximum atomic E-state index is 14.5. The van der Waals surface area contributed by atoms with E-state index in [0.29, 0.717) is 43.6 Å². The highest BCUT2D eigenvalue weighted by molar-refractivity contribution is 5.78. The summed E-state index contributed by atoms with van der Waals surface area (Å²) in [5.74, 6) is -2.85. The van der Waals surface area contributed by atoms with Crippen molar-refractivity contribution in [3.63, 3.8) is 0 Å². The molecule has 3 aliphatic rings. The van der Waals surface area contributed by atoms with Crippen molar-refractivity contribution in [2.24, 2.45) is 17.8 Å². The van der Waals surface area contributed by atoms with Crippen molar-refractivity contribution in [3.8, 4) is 11.1 Å². The van der Waals surface area contributed by atoms with E-state index in [0.717, 1.165) is 23.0 Å². The molecule has 1 unspecified atom stereocenters. The summed E-state index contributed by atoms with van der Waals surface area (Å²) in [7, 11) is 5.24. The van der Waals surface area contributed by atoms with Crippen LogP contribution < -0.4 is 0 Å². The summed E-state index contributed by atoms with van der Waals surface area (Å²) in [4.78, 5) is 33.9. The van der Waals surface area contributed by atoms with E-state index in [1.165, 1.54) is 20.2 Å². The zero-order valence-corrected chi connectivity index (χ0v) is 46.9. The van der Waals surface area contributed by atoms with Crippen molar-refractivity contribution >= 4 is 12.3 Å². The third-order valence-corrected chi connectivity index (χ3v) is 16.6. The van der Waals surface area contributed by atoms with E-state index in [1.54, 1.807) is 65.4 Å². The first-order valence-electron chi connectivity index (χ1n) is 27.0. The summed E-state index contributed by atoms with van der Waals surface area (Å²) in [5.41, 5.74) is -0.674. The number of hydrogen-bond acceptors (Lipinski definition) is 19. The molecule has 0 amide bonds. The number of aliphatic hydroxyl groups is 6. The van der Waals surface area contributed by atoms with Crippen LogP contribution in [0.1, 0.15) is 123 Å². The van der Waals surface area contributed by atoms with Gasteiger partial charge in [0.15, 0.2) is 18.9 Å². The lowest BCUT2D eigenvalue weighted by molar-refractivity contribution is -0.318. The van der Waals surface area contributed by atoms with Gasteiger partial charge in [0.05, 0.1) is 59.9 Å². The fourth-order valence-electron chi connectivity index (χ4n) is 11.8. The largest absolute Gasteiger partial charge is 0.459 e. The Morgan fingerprint density at radius 1 is 0.961 bits per heavy atom. The topological polar surface area (TPSA) is 261 Å². The summed E-state index contributed by atoms with van der Waals surface area (Å²) in [6, 6.07) is 8.21. The van der Waals surface area contributed by atoms with E-state index in [4.69, 9.17) is 28.4 Å². The number of benzene rings is 1. The number of esters is 1. The van der Waals surface area contributed by atoms with Crippen molar-refractivity contribution in [3.05, 3.63) is 65.7 Å². The van der Waals surface area contributed by atoms with Crippen molar-refractivity contribution in [1.82, 2.24) is 29.8 Å². The first-order chi connectivity index (χ1) is 35.8. The number of methoxy groups -OCH3 is 1. The lowest BCUT2D eigenvalue weighted by atomic mass is 9.77. The second-order valence-corrected chi connectivity index (χ2v) is 23.0. The van der Waals surface area contributed by atoms with Crippen LogP contribution in [0.4, 0.5) is 0 Å². The molecule has 2 aromatic heterocycles. The van der Waals surface area contributed by atoms with Crippen molar-refractivity contribution in [2.75, 3.05) is 40.9 Å². The second kappa shape index (κ2) is 25.9. The number of cyclic esters (lactones) is 1. The molecule has 6 N–H and O–H groups in total. The number of carbonyl (C=O) groups is 2. The van der Waals surface area contributed by atoms with Crippen LogP contribution in [-0.2, 0) is 46.1 Å². The Hall–Kier alpha value is -3.87. The number of aldehydes is 1. The van der Waals surface area contributed by atoms with Crippen LogP contribution in [0.25, 0.3) is 11.1 Å². The average molecular weight is 1070 g/mol. The first-order valence-corrected chi connectivity index (χ1v) is 27.0. The molecule has 0 bridgehead atoms. The Morgan fingerprint density at radius 3 is 2.30 bits per heavy atom. The van der Waals surface area contributed by atoms with Crippen LogP contribution in [0.3, 0.4) is 0 Å². The number of hydrogen-bond donors (Lipinski definition) is 6. The van der Waals surface area contributed by atoms with Gasteiger partial charge < -0.3 is 68.9 Å². The van der Waals surface area contributed by atoms with Crippen LogP contribution in [-0.4, -0.2) is 204 Å². The molecule has 3 fully saturated rings. The van der Waals surface area contributed by atoms with Crippen LogP contribution in [0.5, 0.6) is 0 Å². The molecule has 3 aromatic rings. The molecular weight excluding hydrogens is 981 g/mol. The predicted octanol–water partition coefficient (Wildman–Crippen LogP) is 3.76. The van der Waals surface area contributed by atoms with Crippen LogP contribution >= 0.6 is 0 Å². The fourth-order valence-corrected chi connectivity index (χ4v) is 11.8. The number of pyridine rings is 1. The van der Waals surface area contributed by atoms with Gasteiger partial charge in [-0.15, -0.1) is 5.10 Å². The molecule has 0 spiro atoms. The Morgan fingerprint density at radius 2 is 1.66 bits per heavy atom. The molecule has 6 rings (SSSR count). The monoisotopic (exact) mass is 1070 g/mol. The standard InChI is InChI=1S/C56H88N6O14/c1-14-45-56(10,70)49(66)36(6)61(12)28-32(2)24-54(8,69)51(34(4)48(35(5)52(68)74-45)75-46-25-55(9,71-13)50(67)37(7)73-46)76-53-47(65)44(21-33(3)72-53)60(11)20-19-42-29-62(59-58-42)43(31-64)23-38-15-17-40(18-16-38)41-22-39(30-63)26-57-27-41/h15-18,22,26-27,29-30,32-37,43-51,53,64-67,69-70H,14,19-21,23-25,28,31H2,1-13H3/t32-,33-,34+,35-,36-,37+,43+,44+,45-,46+,47?,48+,49-,50+,51-,53+,54-,55-,56-/m1/s1. The second-order valence-electron chi connectivity index (χ2n) is 23.0. The molecule has 20 heteroatoms. The number of carbonyl (C=O) groups excluding carboxylic acids is 2. The molecule has 3 aliphatic heterocycles. The van der Waals surface area contributed by atoms with Gasteiger partial charge in [0.25, 0.3) is 0 Å². The van der Waals surface area contributed by atoms with Crippen molar-refractivity contribution in [2.45, 2.75) is 204 Å². The minimum Gasteiger partial charge on any atom is -0.459 e. The van der Waals surface area contributed by atoms with Crippen molar-refractivity contribution < 1.29 is 68.6 Å². The van der Waals surface area contributed by atoms with Gasteiger partial charge in [0, 0.05) is 80.8 Å². The van der Waals surface area contributed by atoms with Gasteiger partial charge >= 0.3 is 5.97 Å². The van der Waals surface area contributed by atoms with Gasteiger partial charge in [0.2, 0.25) is 0 Å². The number of aliphatic hydroxyl groups excluding tert-OH is 4. The van der Waals surface area contributed by atoms with Gasteiger partial charge in [-0.05, 0) is 111 Å². The highest BCUT2D eigenvalue weighted by atomic mass is 16.7. The quantitative estimate of drug-likeness (QED) is 0.0882. The number of nitrogens with zero attached hydrogens (tertiary/aromatic N) is 6. The van der Waals surface area contributed by atoms with Crippen molar-refractivity contribution in [1.29, 1.82) is 0 Å². The zero-order chi connectivity index (χ0) is 56.0. The van der Waals surface area contributed by atoms with Gasteiger partial charge in [-0.25, -0.2) is 4.68 Å².